The Hall–Kier alpha value is -0.0900. The molecule has 1 aliphatic carbocycles. The van der Waals surface area contributed by atoms with Gasteiger partial charge in [0.2, 0.25) is 0 Å². The number of sulfone groups is 1. The van der Waals surface area contributed by atoms with Crippen LogP contribution < -0.4 is 5.32 Å². The molecule has 16 heavy (non-hydrogen) atoms. The first-order valence-electron chi connectivity index (χ1n) is 6.46. The Kier molecular flexibility index (Phi) is 5.25. The van der Waals surface area contributed by atoms with Crippen molar-refractivity contribution in [3.8, 4) is 0 Å². The highest BCUT2D eigenvalue weighted by molar-refractivity contribution is 7.92. The van der Waals surface area contributed by atoms with Gasteiger partial charge in [0.15, 0.2) is 9.84 Å². The Labute approximate surface area is 99.9 Å². The Morgan fingerprint density at radius 2 is 1.94 bits per heavy atom. The SMILES string of the molecule is CCCNC(CS(=O)(=O)C(C)CC)C1CC1. The molecule has 0 aliphatic heterocycles. The maximum atomic E-state index is 12.0. The van der Waals surface area contributed by atoms with Crippen LogP contribution in [0.5, 0.6) is 0 Å². The zero-order chi connectivity index (χ0) is 12.2. The molecule has 96 valence electrons. The molecule has 0 spiro atoms. The van der Waals surface area contributed by atoms with Crippen molar-refractivity contribution < 1.29 is 8.42 Å². The van der Waals surface area contributed by atoms with Gasteiger partial charge in [0.1, 0.15) is 0 Å². The van der Waals surface area contributed by atoms with E-state index < -0.39 is 9.84 Å². The van der Waals surface area contributed by atoms with Gasteiger partial charge < -0.3 is 5.32 Å². The second-order valence-electron chi connectivity index (χ2n) is 4.95. The highest BCUT2D eigenvalue weighted by atomic mass is 32.2. The van der Waals surface area contributed by atoms with Crippen molar-refractivity contribution in [2.75, 3.05) is 12.3 Å². The van der Waals surface area contributed by atoms with Gasteiger partial charge in [-0.2, -0.15) is 0 Å². The van der Waals surface area contributed by atoms with Crippen molar-refractivity contribution in [2.24, 2.45) is 5.92 Å². The summed E-state index contributed by atoms with van der Waals surface area (Å²) in [6, 6.07) is 0.193. The number of nitrogens with one attached hydrogen (secondary N) is 1. The number of hydrogen-bond acceptors (Lipinski definition) is 3. The summed E-state index contributed by atoms with van der Waals surface area (Å²) in [7, 11) is -2.91. The molecule has 1 N–H and O–H groups in total. The first kappa shape index (κ1) is 14.0. The molecule has 0 saturated heterocycles. The molecule has 3 nitrogen and oxygen atoms in total. The molecule has 0 heterocycles. The van der Waals surface area contributed by atoms with Crippen molar-refractivity contribution in [3.05, 3.63) is 0 Å². The molecule has 0 aromatic heterocycles. The van der Waals surface area contributed by atoms with Gasteiger partial charge in [0, 0.05) is 6.04 Å². The van der Waals surface area contributed by atoms with Crippen LogP contribution in [-0.4, -0.2) is 32.0 Å². The summed E-state index contributed by atoms with van der Waals surface area (Å²) in [6.45, 7) is 6.80. The molecule has 0 aromatic carbocycles. The minimum Gasteiger partial charge on any atom is -0.313 e. The Morgan fingerprint density at radius 1 is 1.31 bits per heavy atom. The van der Waals surface area contributed by atoms with E-state index >= 15 is 0 Å². The Morgan fingerprint density at radius 3 is 2.38 bits per heavy atom. The fraction of sp³-hybridized carbons (Fsp3) is 1.00. The van der Waals surface area contributed by atoms with Crippen molar-refractivity contribution in [1.29, 1.82) is 0 Å². The molecule has 1 rings (SSSR count). The van der Waals surface area contributed by atoms with Crippen LogP contribution in [0.25, 0.3) is 0 Å². The normalized spacial score (nSPS) is 20.7. The van der Waals surface area contributed by atoms with Crippen molar-refractivity contribution in [2.45, 2.75) is 57.7 Å². The number of rotatable bonds is 8. The van der Waals surface area contributed by atoms with Gasteiger partial charge in [0.25, 0.3) is 0 Å². The highest BCUT2D eigenvalue weighted by Crippen LogP contribution is 2.33. The van der Waals surface area contributed by atoms with E-state index in [1.54, 1.807) is 0 Å². The minimum atomic E-state index is -2.91. The molecular formula is C12H25NO2S. The third-order valence-corrected chi connectivity index (χ3v) is 5.83. The second-order valence-corrected chi connectivity index (χ2v) is 7.41. The third kappa shape index (κ3) is 4.06. The molecule has 1 saturated carbocycles. The zero-order valence-electron chi connectivity index (χ0n) is 10.7. The monoisotopic (exact) mass is 247 g/mol. The lowest BCUT2D eigenvalue weighted by Crippen LogP contribution is -2.40. The fourth-order valence-corrected chi connectivity index (χ4v) is 3.59. The minimum absolute atomic E-state index is 0.193. The summed E-state index contributed by atoms with van der Waals surface area (Å²) in [5, 5.41) is 3.19. The van der Waals surface area contributed by atoms with Crippen LogP contribution in [-0.2, 0) is 9.84 Å². The van der Waals surface area contributed by atoms with Gasteiger partial charge in [-0.15, -0.1) is 0 Å². The molecular weight excluding hydrogens is 222 g/mol. The van der Waals surface area contributed by atoms with Crippen molar-refractivity contribution in [1.82, 2.24) is 5.32 Å². The van der Waals surface area contributed by atoms with Crippen LogP contribution >= 0.6 is 0 Å². The quantitative estimate of drug-likeness (QED) is 0.713. The smallest absolute Gasteiger partial charge is 0.154 e. The summed E-state index contributed by atoms with van der Waals surface area (Å²) >= 11 is 0. The molecule has 1 fully saturated rings. The summed E-state index contributed by atoms with van der Waals surface area (Å²) in [5.74, 6) is 0.928. The van der Waals surface area contributed by atoms with E-state index in [4.69, 9.17) is 0 Å². The zero-order valence-corrected chi connectivity index (χ0v) is 11.5. The first-order chi connectivity index (χ1) is 7.51. The molecule has 0 amide bonds. The van der Waals surface area contributed by atoms with E-state index in [-0.39, 0.29) is 11.3 Å². The Balaban J connectivity index is 2.53. The van der Waals surface area contributed by atoms with Gasteiger partial charge in [0.05, 0.1) is 11.0 Å². The predicted octanol–water partition coefficient (Wildman–Crippen LogP) is 1.98. The molecule has 0 bridgehead atoms. The van der Waals surface area contributed by atoms with E-state index in [0.717, 1.165) is 13.0 Å². The van der Waals surface area contributed by atoms with Crippen molar-refractivity contribution >= 4 is 9.84 Å². The lowest BCUT2D eigenvalue weighted by atomic mass is 10.2. The highest BCUT2D eigenvalue weighted by Gasteiger charge is 2.35. The predicted molar refractivity (Wildman–Crippen MR) is 68.3 cm³/mol. The summed E-state index contributed by atoms with van der Waals surface area (Å²) in [5.41, 5.74) is 0. The van der Waals surface area contributed by atoms with Crippen LogP contribution in [0.2, 0.25) is 0 Å². The standard InChI is InChI=1S/C12H25NO2S/c1-4-8-13-12(11-6-7-11)9-16(14,15)10(3)5-2/h10-13H,4-9H2,1-3H3. The fourth-order valence-electron chi connectivity index (χ4n) is 1.86. The van der Waals surface area contributed by atoms with E-state index in [1.807, 2.05) is 13.8 Å². The molecule has 0 radical (unpaired) electrons. The van der Waals surface area contributed by atoms with Gasteiger partial charge in [-0.05, 0) is 45.1 Å². The lowest BCUT2D eigenvalue weighted by Gasteiger charge is -2.20. The maximum absolute atomic E-state index is 12.0. The first-order valence-corrected chi connectivity index (χ1v) is 8.17. The molecule has 4 heteroatoms. The van der Waals surface area contributed by atoms with Crippen molar-refractivity contribution in [3.63, 3.8) is 0 Å². The average Bonchev–Trinajstić information content (AvgIpc) is 3.06. The van der Waals surface area contributed by atoms with Gasteiger partial charge >= 0.3 is 0 Å². The average molecular weight is 247 g/mol. The van der Waals surface area contributed by atoms with Gasteiger partial charge in [-0.1, -0.05) is 13.8 Å². The molecule has 2 unspecified atom stereocenters. The van der Waals surface area contributed by atoms with Gasteiger partial charge in [-0.25, -0.2) is 8.42 Å². The summed E-state index contributed by atoms with van der Waals surface area (Å²) in [4.78, 5) is 0. The third-order valence-electron chi connectivity index (χ3n) is 3.45. The molecule has 1 aliphatic rings. The van der Waals surface area contributed by atoms with Crippen LogP contribution in [0.3, 0.4) is 0 Å². The van der Waals surface area contributed by atoms with Crippen LogP contribution in [0, 0.1) is 5.92 Å². The summed E-state index contributed by atoms with van der Waals surface area (Å²) < 4.78 is 24.1. The largest absolute Gasteiger partial charge is 0.313 e. The topological polar surface area (TPSA) is 46.2 Å². The van der Waals surface area contributed by atoms with E-state index in [1.165, 1.54) is 12.8 Å². The Bertz CT molecular complexity index is 296. The van der Waals surface area contributed by atoms with Crippen LogP contribution in [0.4, 0.5) is 0 Å². The van der Waals surface area contributed by atoms with E-state index in [2.05, 4.69) is 12.2 Å². The van der Waals surface area contributed by atoms with Crippen LogP contribution in [0.15, 0.2) is 0 Å². The van der Waals surface area contributed by atoms with E-state index in [0.29, 0.717) is 18.1 Å². The number of hydrogen-bond donors (Lipinski definition) is 1. The van der Waals surface area contributed by atoms with Crippen LogP contribution in [0.1, 0.15) is 46.5 Å². The molecule has 2 atom stereocenters. The second kappa shape index (κ2) is 6.01. The summed E-state index contributed by atoms with van der Waals surface area (Å²) in [6.07, 6.45) is 4.16. The van der Waals surface area contributed by atoms with Gasteiger partial charge in [-0.3, -0.25) is 0 Å². The van der Waals surface area contributed by atoms with E-state index in [9.17, 15) is 8.42 Å². The maximum Gasteiger partial charge on any atom is 0.154 e. The molecule has 0 aromatic rings. The lowest BCUT2D eigenvalue weighted by molar-refractivity contribution is 0.486.